The molecule has 0 aromatic heterocycles. The molecule has 1 saturated carbocycles. The Hall–Kier alpha value is -1.79. The number of carbonyl (C=O) groups is 1. The normalized spacial score (nSPS) is 36.8. The van der Waals surface area contributed by atoms with Crippen molar-refractivity contribution in [1.29, 1.82) is 0 Å². The van der Waals surface area contributed by atoms with Crippen molar-refractivity contribution in [3.05, 3.63) is 23.8 Å². The first-order valence-electron chi connectivity index (χ1n) is 10.5. The molecule has 29 heavy (non-hydrogen) atoms. The molecule has 1 aromatic rings. The lowest BCUT2D eigenvalue weighted by Crippen LogP contribution is -2.65. The van der Waals surface area contributed by atoms with E-state index in [1.165, 1.54) is 6.92 Å². The number of hydrogen-bond donors (Lipinski definition) is 1. The third-order valence-corrected chi connectivity index (χ3v) is 7.03. The summed E-state index contributed by atoms with van der Waals surface area (Å²) in [6, 6.07) is 5.62. The molecule has 1 aliphatic heterocycles. The van der Waals surface area contributed by atoms with Crippen molar-refractivity contribution < 1.29 is 28.8 Å². The molecule has 0 amide bonds. The Morgan fingerprint density at radius 1 is 1.24 bits per heavy atom. The molecular weight excluding hydrogens is 372 g/mol. The van der Waals surface area contributed by atoms with Crippen LogP contribution in [0.5, 0.6) is 11.5 Å². The third kappa shape index (κ3) is 3.73. The van der Waals surface area contributed by atoms with E-state index in [9.17, 15) is 9.90 Å². The number of benzene rings is 1. The molecule has 1 aliphatic carbocycles. The number of ether oxygens (including phenoxy) is 4. The Labute approximate surface area is 173 Å². The zero-order valence-corrected chi connectivity index (χ0v) is 18.3. The van der Waals surface area contributed by atoms with E-state index < -0.39 is 17.9 Å². The number of carbonyl (C=O) groups excluding carboxylic acids is 1. The number of aliphatic hydroxyl groups is 1. The highest BCUT2D eigenvalue weighted by molar-refractivity contribution is 5.66. The lowest BCUT2D eigenvalue weighted by atomic mass is 9.57. The van der Waals surface area contributed by atoms with Crippen LogP contribution in [-0.4, -0.2) is 37.2 Å². The largest absolute Gasteiger partial charge is 0.497 e. The molecule has 0 spiro atoms. The Bertz CT molecular complexity index is 734. The number of fused-ring (bicyclic) bond motifs is 1. The van der Waals surface area contributed by atoms with Crippen molar-refractivity contribution in [2.75, 3.05) is 14.2 Å². The van der Waals surface area contributed by atoms with Gasteiger partial charge in [0.1, 0.15) is 17.1 Å². The molecular formula is C23H34O6. The van der Waals surface area contributed by atoms with Gasteiger partial charge in [-0.1, -0.05) is 27.2 Å². The van der Waals surface area contributed by atoms with E-state index in [0.717, 1.165) is 24.8 Å². The van der Waals surface area contributed by atoms with Gasteiger partial charge in [0, 0.05) is 18.6 Å². The SMILES string of the molecule is CC[C@H]1[C@H](C)CC[C@H]2[C@@H](C)[C@H](c3ccc(OC)cc3OC)O[C@H](OC(C)=O)[C@]21O. The van der Waals surface area contributed by atoms with Crippen LogP contribution in [0.15, 0.2) is 18.2 Å². The Balaban J connectivity index is 2.05. The second kappa shape index (κ2) is 8.52. The van der Waals surface area contributed by atoms with Crippen molar-refractivity contribution in [2.24, 2.45) is 23.7 Å². The highest BCUT2D eigenvalue weighted by atomic mass is 16.7. The second-order valence-corrected chi connectivity index (χ2v) is 8.53. The van der Waals surface area contributed by atoms with Crippen molar-refractivity contribution in [1.82, 2.24) is 0 Å². The Morgan fingerprint density at radius 2 is 1.97 bits per heavy atom. The van der Waals surface area contributed by atoms with Crippen LogP contribution in [0.25, 0.3) is 0 Å². The maximum absolute atomic E-state index is 11.9. The summed E-state index contributed by atoms with van der Waals surface area (Å²) in [5.41, 5.74) is -0.333. The molecule has 0 radical (unpaired) electrons. The number of rotatable bonds is 5. The predicted molar refractivity (Wildman–Crippen MR) is 109 cm³/mol. The monoisotopic (exact) mass is 406 g/mol. The molecule has 6 nitrogen and oxygen atoms in total. The van der Waals surface area contributed by atoms with Gasteiger partial charge >= 0.3 is 5.97 Å². The molecule has 6 heteroatoms. The van der Waals surface area contributed by atoms with Crippen LogP contribution >= 0.6 is 0 Å². The fourth-order valence-electron chi connectivity index (χ4n) is 5.63. The molecule has 1 saturated heterocycles. The van der Waals surface area contributed by atoms with Crippen molar-refractivity contribution in [3.8, 4) is 11.5 Å². The molecule has 1 aromatic carbocycles. The highest BCUT2D eigenvalue weighted by Gasteiger charge is 2.61. The molecule has 162 valence electrons. The molecule has 7 atom stereocenters. The van der Waals surface area contributed by atoms with Gasteiger partial charge in [-0.05, 0) is 48.6 Å². The first-order valence-corrected chi connectivity index (χ1v) is 10.5. The van der Waals surface area contributed by atoms with Crippen LogP contribution < -0.4 is 9.47 Å². The summed E-state index contributed by atoms with van der Waals surface area (Å²) < 4.78 is 22.8. The van der Waals surface area contributed by atoms with Crippen LogP contribution in [-0.2, 0) is 14.3 Å². The number of methoxy groups -OCH3 is 2. The second-order valence-electron chi connectivity index (χ2n) is 8.53. The minimum Gasteiger partial charge on any atom is -0.497 e. The van der Waals surface area contributed by atoms with Gasteiger partial charge in [0.05, 0.1) is 20.3 Å². The van der Waals surface area contributed by atoms with E-state index in [1.54, 1.807) is 14.2 Å². The summed E-state index contributed by atoms with van der Waals surface area (Å²) in [5.74, 6) is 1.22. The fraction of sp³-hybridized carbons (Fsp3) is 0.696. The maximum Gasteiger partial charge on any atom is 0.305 e. The van der Waals surface area contributed by atoms with Crippen LogP contribution in [0, 0.1) is 23.7 Å². The zero-order valence-electron chi connectivity index (χ0n) is 18.3. The summed E-state index contributed by atoms with van der Waals surface area (Å²) in [4.78, 5) is 11.9. The third-order valence-electron chi connectivity index (χ3n) is 7.03. The van der Waals surface area contributed by atoms with Gasteiger partial charge in [0.25, 0.3) is 0 Å². The molecule has 0 bridgehead atoms. The van der Waals surface area contributed by atoms with Gasteiger partial charge in [0.2, 0.25) is 6.29 Å². The van der Waals surface area contributed by atoms with Gasteiger partial charge in [-0.15, -0.1) is 0 Å². The van der Waals surface area contributed by atoms with Crippen molar-refractivity contribution >= 4 is 5.97 Å². The highest BCUT2D eigenvalue weighted by Crippen LogP contribution is 2.56. The minimum atomic E-state index is -1.20. The van der Waals surface area contributed by atoms with Crippen LogP contribution in [0.4, 0.5) is 0 Å². The predicted octanol–water partition coefficient (Wildman–Crippen LogP) is 4.10. The number of esters is 1. The average Bonchev–Trinajstić information content (AvgIpc) is 2.69. The summed E-state index contributed by atoms with van der Waals surface area (Å²) in [6.45, 7) is 7.71. The molecule has 1 heterocycles. The Kier molecular flexibility index (Phi) is 6.44. The van der Waals surface area contributed by atoms with Crippen molar-refractivity contribution in [3.63, 3.8) is 0 Å². The van der Waals surface area contributed by atoms with E-state index in [-0.39, 0.29) is 23.9 Å². The molecule has 2 fully saturated rings. The fourth-order valence-corrected chi connectivity index (χ4v) is 5.63. The Morgan fingerprint density at radius 3 is 2.55 bits per heavy atom. The van der Waals surface area contributed by atoms with Crippen LogP contribution in [0.1, 0.15) is 58.6 Å². The standard InChI is InChI=1S/C23H34O6/c1-7-18-13(2)8-11-19-14(3)21(29-22(23(18,19)25)28-15(4)24)17-10-9-16(26-5)12-20(17)27-6/h9-10,12-14,18-19,21-22,25H,7-8,11H2,1-6H3/t13-,14-,18+,19+,21-,22+,23-/m1/s1. The van der Waals surface area contributed by atoms with Crippen LogP contribution in [0.2, 0.25) is 0 Å². The lowest BCUT2D eigenvalue weighted by molar-refractivity contribution is -0.335. The minimum absolute atomic E-state index is 0.00626. The summed E-state index contributed by atoms with van der Waals surface area (Å²) >= 11 is 0. The van der Waals surface area contributed by atoms with Gasteiger partial charge < -0.3 is 24.1 Å². The van der Waals surface area contributed by atoms with E-state index in [2.05, 4.69) is 20.8 Å². The molecule has 0 unspecified atom stereocenters. The molecule has 2 aliphatic rings. The smallest absolute Gasteiger partial charge is 0.305 e. The molecule has 3 rings (SSSR count). The topological polar surface area (TPSA) is 74.2 Å². The van der Waals surface area contributed by atoms with E-state index in [0.29, 0.717) is 17.4 Å². The summed E-state index contributed by atoms with van der Waals surface area (Å²) in [7, 11) is 3.22. The summed E-state index contributed by atoms with van der Waals surface area (Å²) in [5, 5.41) is 11.9. The van der Waals surface area contributed by atoms with Gasteiger partial charge in [0.15, 0.2) is 0 Å². The van der Waals surface area contributed by atoms with E-state index in [1.807, 2.05) is 18.2 Å². The average molecular weight is 407 g/mol. The summed E-state index contributed by atoms with van der Waals surface area (Å²) in [6.07, 6.45) is 1.33. The van der Waals surface area contributed by atoms with E-state index >= 15 is 0 Å². The number of hydrogen-bond acceptors (Lipinski definition) is 6. The molecule has 1 N–H and O–H groups in total. The van der Waals surface area contributed by atoms with Crippen LogP contribution in [0.3, 0.4) is 0 Å². The zero-order chi connectivity index (χ0) is 21.3. The van der Waals surface area contributed by atoms with Gasteiger partial charge in [-0.2, -0.15) is 0 Å². The first kappa shape index (κ1) is 21.9. The van der Waals surface area contributed by atoms with Gasteiger partial charge in [-0.25, -0.2) is 0 Å². The van der Waals surface area contributed by atoms with Crippen molar-refractivity contribution in [2.45, 2.75) is 65.0 Å². The van der Waals surface area contributed by atoms with E-state index in [4.69, 9.17) is 18.9 Å². The van der Waals surface area contributed by atoms with Gasteiger partial charge in [-0.3, -0.25) is 4.79 Å². The lowest BCUT2D eigenvalue weighted by Gasteiger charge is -2.57. The quantitative estimate of drug-likeness (QED) is 0.742. The first-order chi connectivity index (χ1) is 13.8. The maximum atomic E-state index is 11.9.